The summed E-state index contributed by atoms with van der Waals surface area (Å²) >= 11 is 0. The molecular formula is C16H24N2O3S. The van der Waals surface area contributed by atoms with Gasteiger partial charge in [-0.3, -0.25) is 4.79 Å². The summed E-state index contributed by atoms with van der Waals surface area (Å²) in [5.41, 5.74) is 0.993. The molecule has 0 saturated carbocycles. The van der Waals surface area contributed by atoms with Crippen LogP contribution in [0, 0.1) is 12.8 Å². The summed E-state index contributed by atoms with van der Waals surface area (Å²) in [4.78, 5) is 14.5. The number of sulfonamides is 1. The van der Waals surface area contributed by atoms with Crippen LogP contribution in [-0.2, 0) is 14.8 Å². The Balaban J connectivity index is 2.19. The van der Waals surface area contributed by atoms with Gasteiger partial charge in [-0.25, -0.2) is 8.42 Å². The van der Waals surface area contributed by atoms with Gasteiger partial charge >= 0.3 is 0 Å². The van der Waals surface area contributed by atoms with Crippen LogP contribution in [0.15, 0.2) is 29.2 Å². The zero-order chi connectivity index (χ0) is 16.3. The average Bonchev–Trinajstić information content (AvgIpc) is 2.98. The zero-order valence-corrected chi connectivity index (χ0v) is 14.2. The number of aryl methyl sites for hydroxylation is 1. The van der Waals surface area contributed by atoms with E-state index in [9.17, 15) is 13.2 Å². The Hall–Kier alpha value is -1.40. The highest BCUT2D eigenvalue weighted by atomic mass is 32.2. The van der Waals surface area contributed by atoms with Crippen molar-refractivity contribution in [1.29, 1.82) is 0 Å². The van der Waals surface area contributed by atoms with E-state index in [0.29, 0.717) is 13.1 Å². The second-order valence-electron chi connectivity index (χ2n) is 6.19. The average molecular weight is 324 g/mol. The standard InChI is InChI=1S/C16H24N2O3S/c1-12(2)15(16(19)18-10-4-5-11-18)17-22(20,21)14-8-6-13(3)7-9-14/h6-9,12,15,17H,4-5,10-11H2,1-3H3. The maximum atomic E-state index is 12.5. The molecule has 1 N–H and O–H groups in total. The molecule has 1 fully saturated rings. The molecule has 1 atom stereocenters. The van der Waals surface area contributed by atoms with Gasteiger partial charge in [0, 0.05) is 13.1 Å². The summed E-state index contributed by atoms with van der Waals surface area (Å²) in [6.07, 6.45) is 1.97. The predicted octanol–water partition coefficient (Wildman–Crippen LogP) is 1.92. The molecule has 0 bridgehead atoms. The van der Waals surface area contributed by atoms with E-state index >= 15 is 0 Å². The normalized spacial score (nSPS) is 17.0. The molecule has 0 aromatic heterocycles. The van der Waals surface area contributed by atoms with Crippen LogP contribution in [0.3, 0.4) is 0 Å². The number of carbonyl (C=O) groups is 1. The Bertz CT molecular complexity index is 617. The van der Waals surface area contributed by atoms with Gasteiger partial charge in [-0.15, -0.1) is 0 Å². The van der Waals surface area contributed by atoms with Gasteiger partial charge in [0.25, 0.3) is 0 Å². The highest BCUT2D eigenvalue weighted by molar-refractivity contribution is 7.89. The van der Waals surface area contributed by atoms with Gasteiger partial charge in [-0.05, 0) is 37.8 Å². The predicted molar refractivity (Wildman–Crippen MR) is 85.9 cm³/mol. The van der Waals surface area contributed by atoms with Crippen LogP contribution in [0.25, 0.3) is 0 Å². The van der Waals surface area contributed by atoms with Gasteiger partial charge in [-0.1, -0.05) is 31.5 Å². The van der Waals surface area contributed by atoms with Crippen molar-refractivity contribution in [1.82, 2.24) is 9.62 Å². The van der Waals surface area contributed by atoms with Crippen LogP contribution < -0.4 is 4.72 Å². The number of benzene rings is 1. The number of likely N-dealkylation sites (tertiary alicyclic amines) is 1. The highest BCUT2D eigenvalue weighted by Crippen LogP contribution is 2.16. The smallest absolute Gasteiger partial charge is 0.241 e. The first-order valence-corrected chi connectivity index (χ1v) is 9.17. The first-order chi connectivity index (χ1) is 10.3. The second-order valence-corrected chi connectivity index (χ2v) is 7.90. The summed E-state index contributed by atoms with van der Waals surface area (Å²) in [5, 5.41) is 0. The first-order valence-electron chi connectivity index (χ1n) is 7.69. The number of rotatable bonds is 5. The van der Waals surface area contributed by atoms with Gasteiger partial charge in [-0.2, -0.15) is 4.72 Å². The lowest BCUT2D eigenvalue weighted by atomic mass is 10.0. The van der Waals surface area contributed by atoms with Crippen molar-refractivity contribution < 1.29 is 13.2 Å². The van der Waals surface area contributed by atoms with Gasteiger partial charge < -0.3 is 4.90 Å². The number of nitrogens with zero attached hydrogens (tertiary/aromatic N) is 1. The molecule has 0 radical (unpaired) electrons. The molecule has 6 heteroatoms. The summed E-state index contributed by atoms with van der Waals surface area (Å²) < 4.78 is 27.6. The molecule has 1 amide bonds. The van der Waals surface area contributed by atoms with E-state index in [1.807, 2.05) is 20.8 Å². The maximum absolute atomic E-state index is 12.5. The molecule has 5 nitrogen and oxygen atoms in total. The lowest BCUT2D eigenvalue weighted by molar-refractivity contribution is -0.132. The van der Waals surface area contributed by atoms with Crippen molar-refractivity contribution in [3.63, 3.8) is 0 Å². The zero-order valence-electron chi connectivity index (χ0n) is 13.4. The van der Waals surface area contributed by atoms with Crippen molar-refractivity contribution in [3.8, 4) is 0 Å². The Morgan fingerprint density at radius 2 is 1.68 bits per heavy atom. The lowest BCUT2D eigenvalue weighted by Gasteiger charge is -2.26. The van der Waals surface area contributed by atoms with E-state index in [2.05, 4.69) is 4.72 Å². The van der Waals surface area contributed by atoms with Crippen LogP contribution in [-0.4, -0.2) is 38.4 Å². The summed E-state index contributed by atoms with van der Waals surface area (Å²) in [7, 11) is -3.69. The van der Waals surface area contributed by atoms with Crippen molar-refractivity contribution >= 4 is 15.9 Å². The third-order valence-corrected chi connectivity index (χ3v) is 5.42. The minimum absolute atomic E-state index is 0.103. The quantitative estimate of drug-likeness (QED) is 0.900. The fourth-order valence-corrected chi connectivity index (χ4v) is 3.90. The van der Waals surface area contributed by atoms with Gasteiger partial charge in [0.2, 0.25) is 15.9 Å². The number of carbonyl (C=O) groups excluding carboxylic acids is 1. The second kappa shape index (κ2) is 6.79. The topological polar surface area (TPSA) is 66.5 Å². The van der Waals surface area contributed by atoms with Crippen molar-refractivity contribution in [2.24, 2.45) is 5.92 Å². The van der Waals surface area contributed by atoms with Crippen molar-refractivity contribution in [2.45, 2.75) is 44.6 Å². The SMILES string of the molecule is Cc1ccc(S(=O)(=O)NC(C(=O)N2CCCC2)C(C)C)cc1. The molecule has 1 aromatic carbocycles. The summed E-state index contributed by atoms with van der Waals surface area (Å²) in [5.74, 6) is -0.225. The summed E-state index contributed by atoms with van der Waals surface area (Å²) in [6.45, 7) is 7.05. The van der Waals surface area contributed by atoms with Crippen LogP contribution in [0.4, 0.5) is 0 Å². The molecular weight excluding hydrogens is 300 g/mol. The molecule has 1 aliphatic rings. The van der Waals surface area contributed by atoms with Crippen LogP contribution in [0.5, 0.6) is 0 Å². The van der Waals surface area contributed by atoms with Gasteiger partial charge in [0.15, 0.2) is 0 Å². The van der Waals surface area contributed by atoms with Gasteiger partial charge in [0.1, 0.15) is 6.04 Å². The lowest BCUT2D eigenvalue weighted by Crippen LogP contribution is -2.50. The van der Waals surface area contributed by atoms with E-state index in [4.69, 9.17) is 0 Å². The third kappa shape index (κ3) is 3.87. The van der Waals surface area contributed by atoms with Crippen LogP contribution in [0.1, 0.15) is 32.3 Å². The van der Waals surface area contributed by atoms with E-state index in [1.165, 1.54) is 0 Å². The van der Waals surface area contributed by atoms with Crippen molar-refractivity contribution in [2.75, 3.05) is 13.1 Å². The number of hydrogen-bond donors (Lipinski definition) is 1. The summed E-state index contributed by atoms with van der Waals surface area (Å²) in [6, 6.07) is 5.91. The molecule has 22 heavy (non-hydrogen) atoms. The number of nitrogens with one attached hydrogen (secondary N) is 1. The molecule has 1 aliphatic heterocycles. The van der Waals surface area contributed by atoms with E-state index in [-0.39, 0.29) is 16.7 Å². The maximum Gasteiger partial charge on any atom is 0.241 e. The van der Waals surface area contributed by atoms with Gasteiger partial charge in [0.05, 0.1) is 4.90 Å². The Morgan fingerprint density at radius 1 is 1.14 bits per heavy atom. The molecule has 1 aromatic rings. The fraction of sp³-hybridized carbons (Fsp3) is 0.562. The molecule has 2 rings (SSSR count). The Labute approximate surface area is 132 Å². The minimum Gasteiger partial charge on any atom is -0.341 e. The molecule has 122 valence electrons. The van der Waals surface area contributed by atoms with Crippen LogP contribution in [0.2, 0.25) is 0 Å². The van der Waals surface area contributed by atoms with E-state index in [0.717, 1.165) is 18.4 Å². The van der Waals surface area contributed by atoms with Crippen molar-refractivity contribution in [3.05, 3.63) is 29.8 Å². The molecule has 1 saturated heterocycles. The third-order valence-electron chi connectivity index (χ3n) is 3.96. The van der Waals surface area contributed by atoms with Crippen LogP contribution >= 0.6 is 0 Å². The molecule has 1 unspecified atom stereocenters. The first kappa shape index (κ1) is 17.0. The monoisotopic (exact) mass is 324 g/mol. The molecule has 1 heterocycles. The largest absolute Gasteiger partial charge is 0.341 e. The molecule has 0 spiro atoms. The minimum atomic E-state index is -3.69. The number of hydrogen-bond acceptors (Lipinski definition) is 3. The molecule has 0 aliphatic carbocycles. The van der Waals surface area contributed by atoms with E-state index < -0.39 is 16.1 Å². The Morgan fingerprint density at radius 3 is 2.18 bits per heavy atom. The Kier molecular flexibility index (Phi) is 5.24. The fourth-order valence-electron chi connectivity index (χ4n) is 2.56. The van der Waals surface area contributed by atoms with E-state index in [1.54, 1.807) is 29.2 Å². The highest BCUT2D eigenvalue weighted by Gasteiger charge is 2.32. The number of amides is 1.